The number of hydrogen-bond donors (Lipinski definition) is 2. The third kappa shape index (κ3) is 6.25. The predicted octanol–water partition coefficient (Wildman–Crippen LogP) is 6.09. The van der Waals surface area contributed by atoms with Crippen LogP contribution < -0.4 is 15.5 Å². The van der Waals surface area contributed by atoms with Gasteiger partial charge in [-0.1, -0.05) is 42.5 Å². The molecule has 0 spiro atoms. The molecule has 0 radical (unpaired) electrons. The Balaban J connectivity index is 1.28. The van der Waals surface area contributed by atoms with Gasteiger partial charge in [-0.05, 0) is 47.5 Å². The predicted molar refractivity (Wildman–Crippen MR) is 152 cm³/mol. The molecule has 3 aromatic carbocycles. The number of ether oxygens (including phenoxy) is 1. The first-order chi connectivity index (χ1) is 19.9. The maximum atomic E-state index is 13.0. The molecule has 0 amide bonds. The standard InChI is InChI=1S/C30H28F3N7O/c31-30(32,33)23-8-6-22(7-9-23)19-40-20-35-26-27(34-18-21-4-2-1-3-5-21)37-29(38-28(26)40)36-24-10-12-25(13-11-24)39-14-16-41-17-15-39/h1-13,20H,14-19H2,(H2,34,36,37,38). The molecule has 0 saturated carbocycles. The van der Waals surface area contributed by atoms with E-state index in [1.807, 2.05) is 42.5 Å². The average Bonchev–Trinajstić information content (AvgIpc) is 3.39. The van der Waals surface area contributed by atoms with Crippen LogP contribution in [0.15, 0.2) is 85.2 Å². The molecule has 8 nitrogen and oxygen atoms in total. The smallest absolute Gasteiger partial charge is 0.378 e. The van der Waals surface area contributed by atoms with Gasteiger partial charge in [-0.3, -0.25) is 0 Å². The minimum Gasteiger partial charge on any atom is -0.378 e. The lowest BCUT2D eigenvalue weighted by molar-refractivity contribution is -0.137. The Morgan fingerprint density at radius 3 is 2.27 bits per heavy atom. The van der Waals surface area contributed by atoms with Crippen molar-refractivity contribution >= 4 is 34.3 Å². The normalized spacial score (nSPS) is 13.9. The van der Waals surface area contributed by atoms with Crippen LogP contribution in [0.5, 0.6) is 0 Å². The van der Waals surface area contributed by atoms with E-state index in [2.05, 4.69) is 32.7 Å². The van der Waals surface area contributed by atoms with Gasteiger partial charge in [0.05, 0.1) is 31.6 Å². The molecule has 210 valence electrons. The van der Waals surface area contributed by atoms with Gasteiger partial charge in [-0.25, -0.2) is 4.98 Å². The first-order valence-corrected chi connectivity index (χ1v) is 13.3. The fraction of sp³-hybridized carbons (Fsp3) is 0.233. The molecule has 1 aliphatic heterocycles. The maximum absolute atomic E-state index is 13.0. The Labute approximate surface area is 234 Å². The quantitative estimate of drug-likeness (QED) is 0.238. The van der Waals surface area contributed by atoms with Crippen LogP contribution >= 0.6 is 0 Å². The van der Waals surface area contributed by atoms with Crippen LogP contribution in [0.2, 0.25) is 0 Å². The van der Waals surface area contributed by atoms with E-state index in [0.717, 1.165) is 42.2 Å². The number of benzene rings is 3. The second kappa shape index (κ2) is 11.5. The molecule has 1 aliphatic rings. The minimum atomic E-state index is -4.38. The van der Waals surface area contributed by atoms with Gasteiger partial charge in [0.25, 0.3) is 0 Å². The topological polar surface area (TPSA) is 80.1 Å². The van der Waals surface area contributed by atoms with Gasteiger partial charge in [0, 0.05) is 31.0 Å². The van der Waals surface area contributed by atoms with Gasteiger partial charge in [0.15, 0.2) is 17.0 Å². The van der Waals surface area contributed by atoms with Crippen molar-refractivity contribution in [3.63, 3.8) is 0 Å². The Morgan fingerprint density at radius 2 is 1.56 bits per heavy atom. The van der Waals surface area contributed by atoms with Crippen molar-refractivity contribution in [2.24, 2.45) is 0 Å². The summed E-state index contributed by atoms with van der Waals surface area (Å²) in [6.07, 6.45) is -2.75. The molecule has 0 unspecified atom stereocenters. The summed E-state index contributed by atoms with van der Waals surface area (Å²) in [5.74, 6) is 0.929. The second-order valence-corrected chi connectivity index (χ2v) is 9.75. The summed E-state index contributed by atoms with van der Waals surface area (Å²) in [5.41, 5.74) is 4.17. The zero-order valence-corrected chi connectivity index (χ0v) is 22.1. The highest BCUT2D eigenvalue weighted by molar-refractivity contribution is 5.85. The van der Waals surface area contributed by atoms with Crippen LogP contribution in [0.3, 0.4) is 0 Å². The molecule has 0 bridgehead atoms. The van der Waals surface area contributed by atoms with E-state index >= 15 is 0 Å². The largest absolute Gasteiger partial charge is 0.416 e. The number of rotatable bonds is 8. The van der Waals surface area contributed by atoms with E-state index in [0.29, 0.717) is 54.8 Å². The lowest BCUT2D eigenvalue weighted by atomic mass is 10.1. The number of halogens is 3. The first-order valence-electron chi connectivity index (χ1n) is 13.3. The van der Waals surface area contributed by atoms with Crippen molar-refractivity contribution in [3.8, 4) is 0 Å². The van der Waals surface area contributed by atoms with E-state index in [1.165, 1.54) is 12.1 Å². The summed E-state index contributed by atoms with van der Waals surface area (Å²) in [5, 5.41) is 6.67. The molecule has 0 aliphatic carbocycles. The molecule has 41 heavy (non-hydrogen) atoms. The number of aromatic nitrogens is 4. The number of hydrogen-bond acceptors (Lipinski definition) is 7. The highest BCUT2D eigenvalue weighted by atomic mass is 19.4. The third-order valence-corrected chi connectivity index (χ3v) is 6.90. The van der Waals surface area contributed by atoms with Crippen LogP contribution in [0.25, 0.3) is 11.2 Å². The summed E-state index contributed by atoms with van der Waals surface area (Å²) >= 11 is 0. The van der Waals surface area contributed by atoms with Crippen molar-refractivity contribution in [3.05, 3.63) is 102 Å². The Kier molecular flexibility index (Phi) is 7.43. The SMILES string of the molecule is FC(F)(F)c1ccc(Cn2cnc3c(NCc4ccccc4)nc(Nc4ccc(N5CCOCC5)cc4)nc32)cc1. The Hall–Kier alpha value is -4.64. The van der Waals surface area contributed by atoms with E-state index < -0.39 is 11.7 Å². The molecular formula is C30H28F3N7O. The van der Waals surface area contributed by atoms with Gasteiger partial charge in [0.2, 0.25) is 5.95 Å². The molecule has 6 rings (SSSR count). The third-order valence-electron chi connectivity index (χ3n) is 6.90. The van der Waals surface area contributed by atoms with Gasteiger partial charge in [-0.15, -0.1) is 0 Å². The first kappa shape index (κ1) is 26.6. The summed E-state index contributed by atoms with van der Waals surface area (Å²) in [7, 11) is 0. The van der Waals surface area contributed by atoms with Crippen LogP contribution in [-0.2, 0) is 24.0 Å². The van der Waals surface area contributed by atoms with Crippen LogP contribution in [0.1, 0.15) is 16.7 Å². The number of nitrogens with one attached hydrogen (secondary N) is 2. The second-order valence-electron chi connectivity index (χ2n) is 9.75. The van der Waals surface area contributed by atoms with Crippen molar-refractivity contribution in [1.82, 2.24) is 19.5 Å². The van der Waals surface area contributed by atoms with Gasteiger partial charge in [0.1, 0.15) is 0 Å². The maximum Gasteiger partial charge on any atom is 0.416 e. The molecule has 5 aromatic rings. The molecule has 3 heterocycles. The number of morpholine rings is 1. The number of alkyl halides is 3. The number of anilines is 4. The summed E-state index contributed by atoms with van der Waals surface area (Å²) < 4.78 is 46.3. The number of imidazole rings is 1. The van der Waals surface area contributed by atoms with Crippen LogP contribution in [-0.4, -0.2) is 45.8 Å². The zero-order valence-electron chi connectivity index (χ0n) is 22.1. The molecular weight excluding hydrogens is 531 g/mol. The van der Waals surface area contributed by atoms with Gasteiger partial charge in [-0.2, -0.15) is 23.1 Å². The van der Waals surface area contributed by atoms with Crippen molar-refractivity contribution in [2.75, 3.05) is 41.8 Å². The van der Waals surface area contributed by atoms with Crippen LogP contribution in [0.4, 0.5) is 36.3 Å². The Bertz CT molecular complexity index is 1600. The molecule has 11 heteroatoms. The lowest BCUT2D eigenvalue weighted by Crippen LogP contribution is -2.36. The monoisotopic (exact) mass is 559 g/mol. The lowest BCUT2D eigenvalue weighted by Gasteiger charge is -2.28. The highest BCUT2D eigenvalue weighted by Gasteiger charge is 2.30. The van der Waals surface area contributed by atoms with E-state index in [-0.39, 0.29) is 0 Å². The number of fused-ring (bicyclic) bond motifs is 1. The fourth-order valence-corrected chi connectivity index (χ4v) is 4.72. The van der Waals surface area contributed by atoms with Crippen molar-refractivity contribution < 1.29 is 17.9 Å². The zero-order chi connectivity index (χ0) is 28.2. The molecule has 0 atom stereocenters. The molecule has 2 aromatic heterocycles. The van der Waals surface area contributed by atoms with Gasteiger partial charge < -0.3 is 24.8 Å². The fourth-order valence-electron chi connectivity index (χ4n) is 4.72. The summed E-state index contributed by atoms with van der Waals surface area (Å²) in [6.45, 7) is 3.97. The summed E-state index contributed by atoms with van der Waals surface area (Å²) in [4.78, 5) is 16.3. The van der Waals surface area contributed by atoms with Crippen molar-refractivity contribution in [2.45, 2.75) is 19.3 Å². The average molecular weight is 560 g/mol. The van der Waals surface area contributed by atoms with Gasteiger partial charge >= 0.3 is 6.18 Å². The number of nitrogens with zero attached hydrogens (tertiary/aromatic N) is 5. The summed E-state index contributed by atoms with van der Waals surface area (Å²) in [6, 6.07) is 23.1. The molecule has 1 fully saturated rings. The van der Waals surface area contributed by atoms with Crippen molar-refractivity contribution in [1.29, 1.82) is 0 Å². The molecule has 1 saturated heterocycles. The van der Waals surface area contributed by atoms with E-state index in [9.17, 15) is 13.2 Å². The Morgan fingerprint density at radius 1 is 0.829 bits per heavy atom. The highest BCUT2D eigenvalue weighted by Crippen LogP contribution is 2.30. The molecule has 2 N–H and O–H groups in total. The van der Waals surface area contributed by atoms with Crippen LogP contribution in [0, 0.1) is 0 Å². The van der Waals surface area contributed by atoms with E-state index in [4.69, 9.17) is 14.7 Å². The van der Waals surface area contributed by atoms with E-state index in [1.54, 1.807) is 10.9 Å². The minimum absolute atomic E-state index is 0.303.